The van der Waals surface area contributed by atoms with Gasteiger partial charge in [0, 0.05) is 19.2 Å². The topological polar surface area (TPSA) is 71.2 Å². The number of carbonyl (C=O) groups excluding carboxylic acids is 2. The molecule has 0 unspecified atom stereocenters. The smallest absolute Gasteiger partial charge is 0.253 e. The van der Waals surface area contributed by atoms with E-state index in [-0.39, 0.29) is 24.0 Å². The van der Waals surface area contributed by atoms with E-state index in [1.54, 1.807) is 19.9 Å². The average Bonchev–Trinajstić information content (AvgIpc) is 2.80. The Kier molecular flexibility index (Phi) is 4.83. The highest BCUT2D eigenvalue weighted by atomic mass is 19.1. The second kappa shape index (κ2) is 6.64. The van der Waals surface area contributed by atoms with Crippen LogP contribution in [0.15, 0.2) is 18.2 Å². The zero-order chi connectivity index (χ0) is 17.1. The molecule has 122 valence electrons. The lowest BCUT2D eigenvalue weighted by atomic mass is 10.1. The van der Waals surface area contributed by atoms with Gasteiger partial charge in [0.2, 0.25) is 0 Å². The highest BCUT2D eigenvalue weighted by Crippen LogP contribution is 2.20. The second-order valence-corrected chi connectivity index (χ2v) is 5.33. The molecular formula is C17H19FN2O3. The fourth-order valence-electron chi connectivity index (χ4n) is 2.53. The third-order valence-corrected chi connectivity index (χ3v) is 3.69. The van der Waals surface area contributed by atoms with Gasteiger partial charge in [-0.05, 0) is 37.1 Å². The number of hydrogen-bond acceptors (Lipinski definition) is 3. The highest BCUT2D eigenvalue weighted by molar-refractivity contribution is 6.02. The van der Waals surface area contributed by atoms with Crippen molar-refractivity contribution in [1.82, 2.24) is 10.3 Å². The monoisotopic (exact) mass is 318 g/mol. The van der Waals surface area contributed by atoms with Crippen LogP contribution in [0, 0.1) is 19.7 Å². The fourth-order valence-corrected chi connectivity index (χ4v) is 2.53. The third-order valence-electron chi connectivity index (χ3n) is 3.69. The molecule has 0 aliphatic rings. The molecule has 0 aliphatic carbocycles. The number of H-pyrrole nitrogens is 1. The molecule has 1 amide bonds. The molecular weight excluding hydrogens is 299 g/mol. The Morgan fingerprint density at radius 1 is 1.30 bits per heavy atom. The number of hydrogen-bond donors (Lipinski definition) is 2. The maximum absolute atomic E-state index is 13.6. The van der Waals surface area contributed by atoms with Crippen LogP contribution in [0.2, 0.25) is 0 Å². The summed E-state index contributed by atoms with van der Waals surface area (Å²) in [7, 11) is 1.39. The van der Waals surface area contributed by atoms with Crippen LogP contribution in [0.1, 0.15) is 44.6 Å². The molecule has 0 aliphatic heterocycles. The lowest BCUT2D eigenvalue weighted by Crippen LogP contribution is -2.24. The molecule has 0 bridgehead atoms. The fraction of sp³-hybridized carbons (Fsp3) is 0.294. The van der Waals surface area contributed by atoms with Gasteiger partial charge in [-0.3, -0.25) is 9.59 Å². The van der Waals surface area contributed by atoms with Crippen molar-refractivity contribution < 1.29 is 18.7 Å². The van der Waals surface area contributed by atoms with Crippen LogP contribution in [0.25, 0.3) is 0 Å². The number of aromatic amines is 1. The van der Waals surface area contributed by atoms with E-state index in [1.807, 2.05) is 0 Å². The zero-order valence-corrected chi connectivity index (χ0v) is 13.5. The Balaban J connectivity index is 2.14. The van der Waals surface area contributed by atoms with Gasteiger partial charge in [0.1, 0.15) is 0 Å². The minimum Gasteiger partial charge on any atom is -0.494 e. The van der Waals surface area contributed by atoms with E-state index >= 15 is 0 Å². The quantitative estimate of drug-likeness (QED) is 0.833. The van der Waals surface area contributed by atoms with E-state index in [9.17, 15) is 14.0 Å². The molecule has 2 rings (SSSR count). The van der Waals surface area contributed by atoms with E-state index < -0.39 is 5.82 Å². The number of methoxy groups -OCH3 is 1. The van der Waals surface area contributed by atoms with Crippen molar-refractivity contribution in [2.75, 3.05) is 7.11 Å². The number of Topliss-reactive ketones (excluding diaryl/α,β-unsaturated/α-hetero) is 1. The molecule has 0 radical (unpaired) electrons. The largest absolute Gasteiger partial charge is 0.494 e. The maximum Gasteiger partial charge on any atom is 0.253 e. The predicted molar refractivity (Wildman–Crippen MR) is 84.4 cm³/mol. The molecule has 1 heterocycles. The van der Waals surface area contributed by atoms with E-state index in [0.29, 0.717) is 28.1 Å². The Hall–Kier alpha value is -2.63. The van der Waals surface area contributed by atoms with Gasteiger partial charge in [0.25, 0.3) is 5.91 Å². The standard InChI is InChI=1S/C17H19FN2O3/c1-9-15(10(2)20-16(9)11(3)21)17(22)19-8-12-5-6-14(23-4)13(18)7-12/h5-7,20H,8H2,1-4H3,(H,19,22). The Morgan fingerprint density at radius 2 is 2.00 bits per heavy atom. The van der Waals surface area contributed by atoms with Gasteiger partial charge in [-0.25, -0.2) is 4.39 Å². The summed E-state index contributed by atoms with van der Waals surface area (Å²) in [5, 5.41) is 2.74. The summed E-state index contributed by atoms with van der Waals surface area (Å²) in [4.78, 5) is 26.8. The van der Waals surface area contributed by atoms with E-state index in [2.05, 4.69) is 10.3 Å². The van der Waals surface area contributed by atoms with Crippen LogP contribution in [0.4, 0.5) is 4.39 Å². The first-order valence-electron chi connectivity index (χ1n) is 7.15. The normalized spacial score (nSPS) is 10.5. The summed E-state index contributed by atoms with van der Waals surface area (Å²) in [6.45, 7) is 5.09. The molecule has 6 heteroatoms. The minimum absolute atomic E-state index is 0.123. The lowest BCUT2D eigenvalue weighted by Gasteiger charge is -2.08. The van der Waals surface area contributed by atoms with Gasteiger partial charge < -0.3 is 15.0 Å². The molecule has 0 spiro atoms. The van der Waals surface area contributed by atoms with E-state index in [1.165, 1.54) is 26.2 Å². The van der Waals surface area contributed by atoms with Crippen LogP contribution in [-0.2, 0) is 6.54 Å². The van der Waals surface area contributed by atoms with Gasteiger partial charge in [-0.15, -0.1) is 0 Å². The maximum atomic E-state index is 13.6. The van der Waals surface area contributed by atoms with Gasteiger partial charge in [0.05, 0.1) is 18.4 Å². The summed E-state index contributed by atoms with van der Waals surface area (Å²) in [5.41, 5.74) is 2.75. The molecule has 23 heavy (non-hydrogen) atoms. The number of carbonyl (C=O) groups is 2. The molecule has 1 aromatic carbocycles. The van der Waals surface area contributed by atoms with Crippen molar-refractivity contribution in [2.45, 2.75) is 27.3 Å². The molecule has 2 N–H and O–H groups in total. The van der Waals surface area contributed by atoms with Crippen LogP contribution in [-0.4, -0.2) is 23.8 Å². The summed E-state index contributed by atoms with van der Waals surface area (Å²) in [6.07, 6.45) is 0. The van der Waals surface area contributed by atoms with E-state index in [4.69, 9.17) is 4.74 Å². The Morgan fingerprint density at radius 3 is 2.52 bits per heavy atom. The Bertz CT molecular complexity index is 765. The number of halogens is 1. The molecule has 0 fully saturated rings. The number of aromatic nitrogens is 1. The number of nitrogens with one attached hydrogen (secondary N) is 2. The molecule has 0 saturated heterocycles. The predicted octanol–water partition coefficient (Wildman–Crippen LogP) is 2.91. The number of benzene rings is 1. The van der Waals surface area contributed by atoms with Crippen molar-refractivity contribution in [3.63, 3.8) is 0 Å². The number of rotatable bonds is 5. The lowest BCUT2D eigenvalue weighted by molar-refractivity contribution is 0.0949. The highest BCUT2D eigenvalue weighted by Gasteiger charge is 2.19. The van der Waals surface area contributed by atoms with Crippen LogP contribution in [0.3, 0.4) is 0 Å². The molecule has 0 saturated carbocycles. The first-order valence-corrected chi connectivity index (χ1v) is 7.15. The van der Waals surface area contributed by atoms with Gasteiger partial charge in [-0.1, -0.05) is 6.07 Å². The average molecular weight is 318 g/mol. The summed E-state index contributed by atoms with van der Waals surface area (Å²) in [5.74, 6) is -0.752. The van der Waals surface area contributed by atoms with Crippen molar-refractivity contribution in [2.24, 2.45) is 0 Å². The van der Waals surface area contributed by atoms with E-state index in [0.717, 1.165) is 0 Å². The molecule has 1 aromatic heterocycles. The van der Waals surface area contributed by atoms with Gasteiger partial charge >= 0.3 is 0 Å². The number of aryl methyl sites for hydroxylation is 1. The molecule has 2 aromatic rings. The minimum atomic E-state index is -0.480. The van der Waals surface area contributed by atoms with Crippen molar-refractivity contribution >= 4 is 11.7 Å². The number of amides is 1. The second-order valence-electron chi connectivity index (χ2n) is 5.33. The Labute approximate surface area is 133 Å². The van der Waals surface area contributed by atoms with Crippen LogP contribution in [0.5, 0.6) is 5.75 Å². The SMILES string of the molecule is COc1ccc(CNC(=O)c2c(C)[nH]c(C(C)=O)c2C)cc1F. The van der Waals surface area contributed by atoms with Crippen molar-refractivity contribution in [1.29, 1.82) is 0 Å². The number of ether oxygens (including phenoxy) is 1. The molecule has 0 atom stereocenters. The van der Waals surface area contributed by atoms with Gasteiger partial charge in [0.15, 0.2) is 17.3 Å². The first-order chi connectivity index (χ1) is 10.8. The zero-order valence-electron chi connectivity index (χ0n) is 13.5. The van der Waals surface area contributed by atoms with Crippen LogP contribution >= 0.6 is 0 Å². The molecule has 5 nitrogen and oxygen atoms in total. The summed E-state index contributed by atoms with van der Waals surface area (Å²) < 4.78 is 18.5. The van der Waals surface area contributed by atoms with Gasteiger partial charge in [-0.2, -0.15) is 0 Å². The third kappa shape index (κ3) is 3.41. The van der Waals surface area contributed by atoms with Crippen molar-refractivity contribution in [3.05, 3.63) is 52.1 Å². The first kappa shape index (κ1) is 16.7. The summed E-state index contributed by atoms with van der Waals surface area (Å²) in [6, 6.07) is 4.51. The van der Waals surface area contributed by atoms with Crippen molar-refractivity contribution in [3.8, 4) is 5.75 Å². The summed E-state index contributed by atoms with van der Waals surface area (Å²) >= 11 is 0. The number of ketones is 1. The van der Waals surface area contributed by atoms with Crippen LogP contribution < -0.4 is 10.1 Å².